The number of alkyl halides is 1. The molecule has 112 valence electrons. The number of fused-ring (bicyclic) bond motifs is 1. The van der Waals surface area contributed by atoms with E-state index in [-0.39, 0.29) is 5.91 Å². The number of hydrogen-bond donors (Lipinski definition) is 0. The van der Waals surface area contributed by atoms with E-state index in [0.717, 1.165) is 37.9 Å². The number of para-hydroxylation sites is 1. The second-order valence-electron chi connectivity index (χ2n) is 5.47. The van der Waals surface area contributed by atoms with Gasteiger partial charge in [0.1, 0.15) is 0 Å². The van der Waals surface area contributed by atoms with E-state index in [1.54, 1.807) is 11.3 Å². The smallest absolute Gasteiger partial charge is 0.222 e. The number of rotatable bonds is 4. The van der Waals surface area contributed by atoms with Crippen molar-refractivity contribution in [3.63, 3.8) is 0 Å². The van der Waals surface area contributed by atoms with Gasteiger partial charge in [-0.2, -0.15) is 0 Å². The minimum absolute atomic E-state index is 0.249. The van der Waals surface area contributed by atoms with Crippen molar-refractivity contribution in [2.45, 2.75) is 31.6 Å². The molecule has 1 saturated heterocycles. The molecule has 2 aromatic rings. The zero-order valence-corrected chi connectivity index (χ0v) is 13.5. The number of piperidine rings is 1. The Labute approximate surface area is 133 Å². The molecule has 1 amide bonds. The summed E-state index contributed by atoms with van der Waals surface area (Å²) in [5, 5.41) is 1.23. The van der Waals surface area contributed by atoms with E-state index in [1.165, 1.54) is 9.71 Å². The minimum atomic E-state index is 0.249. The van der Waals surface area contributed by atoms with Gasteiger partial charge in [-0.3, -0.25) is 4.79 Å². The fraction of sp³-hybridized carbons (Fsp3) is 0.500. The van der Waals surface area contributed by atoms with Crippen LogP contribution in [-0.2, 0) is 4.79 Å². The maximum atomic E-state index is 12.0. The molecule has 1 aromatic carbocycles. The molecule has 0 bridgehead atoms. The second kappa shape index (κ2) is 6.75. The molecule has 3 nitrogen and oxygen atoms in total. The van der Waals surface area contributed by atoms with Crippen molar-refractivity contribution in [1.29, 1.82) is 0 Å². The number of carbonyl (C=O) groups is 1. The van der Waals surface area contributed by atoms with Crippen molar-refractivity contribution in [1.82, 2.24) is 9.88 Å². The molecule has 1 aliphatic heterocycles. The molecule has 0 N–H and O–H groups in total. The van der Waals surface area contributed by atoms with Crippen LogP contribution in [0.5, 0.6) is 0 Å². The van der Waals surface area contributed by atoms with Crippen LogP contribution in [-0.4, -0.2) is 34.8 Å². The van der Waals surface area contributed by atoms with Crippen LogP contribution in [0.25, 0.3) is 10.2 Å². The summed E-state index contributed by atoms with van der Waals surface area (Å²) in [6, 6.07) is 8.29. The Balaban J connectivity index is 1.61. The third-order valence-corrected chi connectivity index (χ3v) is 5.50. The molecule has 0 atom stereocenters. The van der Waals surface area contributed by atoms with Crippen molar-refractivity contribution in [3.8, 4) is 0 Å². The number of thiazole rings is 1. The van der Waals surface area contributed by atoms with Gasteiger partial charge in [0.15, 0.2) is 0 Å². The third kappa shape index (κ3) is 3.38. The first-order valence-corrected chi connectivity index (χ1v) is 8.82. The lowest BCUT2D eigenvalue weighted by molar-refractivity contribution is -0.132. The molecule has 1 fully saturated rings. The predicted molar refractivity (Wildman–Crippen MR) is 88.1 cm³/mol. The average molecular weight is 323 g/mol. The quantitative estimate of drug-likeness (QED) is 0.796. The fourth-order valence-electron chi connectivity index (χ4n) is 2.82. The van der Waals surface area contributed by atoms with Crippen molar-refractivity contribution in [3.05, 3.63) is 29.3 Å². The summed E-state index contributed by atoms with van der Waals surface area (Å²) in [4.78, 5) is 18.7. The van der Waals surface area contributed by atoms with Gasteiger partial charge in [-0.1, -0.05) is 12.1 Å². The molecule has 0 unspecified atom stereocenters. The molecule has 0 aliphatic carbocycles. The summed E-state index contributed by atoms with van der Waals surface area (Å²) in [7, 11) is 0. The van der Waals surface area contributed by atoms with E-state index in [9.17, 15) is 4.79 Å². The number of benzene rings is 1. The topological polar surface area (TPSA) is 33.2 Å². The van der Waals surface area contributed by atoms with Gasteiger partial charge in [0, 0.05) is 31.3 Å². The molecular formula is C16H19ClN2OS. The molecule has 0 saturated carbocycles. The van der Waals surface area contributed by atoms with Gasteiger partial charge in [-0.05, 0) is 31.4 Å². The molecule has 3 rings (SSSR count). The minimum Gasteiger partial charge on any atom is -0.343 e. The van der Waals surface area contributed by atoms with E-state index < -0.39 is 0 Å². The number of halogens is 1. The first-order valence-electron chi connectivity index (χ1n) is 7.47. The third-order valence-electron chi connectivity index (χ3n) is 4.03. The summed E-state index contributed by atoms with van der Waals surface area (Å²) in [6.45, 7) is 1.70. The van der Waals surface area contributed by atoms with E-state index in [4.69, 9.17) is 16.6 Å². The molecule has 2 heterocycles. The lowest BCUT2D eigenvalue weighted by Gasteiger charge is -2.31. The van der Waals surface area contributed by atoms with E-state index >= 15 is 0 Å². The van der Waals surface area contributed by atoms with Crippen molar-refractivity contribution in [2.75, 3.05) is 19.0 Å². The first-order chi connectivity index (χ1) is 10.3. The first kappa shape index (κ1) is 14.8. The van der Waals surface area contributed by atoms with Crippen LogP contribution in [0, 0.1) is 0 Å². The van der Waals surface area contributed by atoms with Crippen molar-refractivity contribution < 1.29 is 4.79 Å². The Morgan fingerprint density at radius 2 is 2.10 bits per heavy atom. The summed E-state index contributed by atoms with van der Waals surface area (Å²) in [5.41, 5.74) is 1.10. The van der Waals surface area contributed by atoms with Crippen LogP contribution in [0.1, 0.15) is 36.6 Å². The lowest BCUT2D eigenvalue weighted by atomic mass is 9.97. The van der Waals surface area contributed by atoms with Gasteiger partial charge in [0.2, 0.25) is 5.91 Å². The highest BCUT2D eigenvalue weighted by molar-refractivity contribution is 7.18. The molecule has 5 heteroatoms. The van der Waals surface area contributed by atoms with Crippen LogP contribution in [0.2, 0.25) is 0 Å². The highest BCUT2D eigenvalue weighted by Crippen LogP contribution is 2.33. The van der Waals surface area contributed by atoms with Gasteiger partial charge in [-0.25, -0.2) is 4.98 Å². The second-order valence-corrected chi connectivity index (χ2v) is 6.91. The Morgan fingerprint density at radius 1 is 1.33 bits per heavy atom. The molecule has 1 aliphatic rings. The summed E-state index contributed by atoms with van der Waals surface area (Å²) in [6.07, 6.45) is 3.40. The predicted octanol–water partition coefficient (Wildman–Crippen LogP) is 4.02. The summed E-state index contributed by atoms with van der Waals surface area (Å²) in [5.74, 6) is 1.31. The standard InChI is InChI=1S/C16H19ClN2OS/c17-9-3-6-15(20)19-10-7-12(8-11-19)16-18-13-4-1-2-5-14(13)21-16/h1-2,4-5,12H,3,6-11H2. The van der Waals surface area contributed by atoms with E-state index in [2.05, 4.69) is 18.2 Å². The van der Waals surface area contributed by atoms with Crippen LogP contribution >= 0.6 is 22.9 Å². The van der Waals surface area contributed by atoms with Gasteiger partial charge >= 0.3 is 0 Å². The number of aromatic nitrogens is 1. The molecule has 0 spiro atoms. The van der Waals surface area contributed by atoms with E-state index in [1.807, 2.05) is 11.0 Å². The number of hydrogen-bond acceptors (Lipinski definition) is 3. The molecule has 1 aromatic heterocycles. The van der Waals surface area contributed by atoms with Gasteiger partial charge < -0.3 is 4.90 Å². The monoisotopic (exact) mass is 322 g/mol. The lowest BCUT2D eigenvalue weighted by Crippen LogP contribution is -2.37. The SMILES string of the molecule is O=C(CCCCl)N1CCC(c2nc3ccccc3s2)CC1. The molecular weight excluding hydrogens is 304 g/mol. The summed E-state index contributed by atoms with van der Waals surface area (Å²) >= 11 is 7.44. The zero-order valence-electron chi connectivity index (χ0n) is 11.9. The van der Waals surface area contributed by atoms with Crippen molar-refractivity contribution in [2.24, 2.45) is 0 Å². The highest BCUT2D eigenvalue weighted by Gasteiger charge is 2.25. The average Bonchev–Trinajstić information content (AvgIpc) is 2.96. The van der Waals surface area contributed by atoms with Gasteiger partial charge in [0.25, 0.3) is 0 Å². The fourth-order valence-corrected chi connectivity index (χ4v) is 4.09. The molecule has 0 radical (unpaired) electrons. The van der Waals surface area contributed by atoms with Crippen LogP contribution in [0.3, 0.4) is 0 Å². The summed E-state index contributed by atoms with van der Waals surface area (Å²) < 4.78 is 1.26. The Kier molecular flexibility index (Phi) is 4.76. The van der Waals surface area contributed by atoms with Gasteiger partial charge in [0.05, 0.1) is 15.2 Å². The largest absolute Gasteiger partial charge is 0.343 e. The number of nitrogens with zero attached hydrogens (tertiary/aromatic N) is 2. The zero-order chi connectivity index (χ0) is 14.7. The van der Waals surface area contributed by atoms with Crippen LogP contribution < -0.4 is 0 Å². The van der Waals surface area contributed by atoms with Crippen LogP contribution in [0.15, 0.2) is 24.3 Å². The molecule has 21 heavy (non-hydrogen) atoms. The van der Waals surface area contributed by atoms with Crippen LogP contribution in [0.4, 0.5) is 0 Å². The number of amides is 1. The maximum Gasteiger partial charge on any atom is 0.222 e. The van der Waals surface area contributed by atoms with E-state index in [0.29, 0.717) is 18.2 Å². The highest BCUT2D eigenvalue weighted by atomic mass is 35.5. The Hall–Kier alpha value is -1.13. The van der Waals surface area contributed by atoms with Gasteiger partial charge in [-0.15, -0.1) is 22.9 Å². The number of likely N-dealkylation sites (tertiary alicyclic amines) is 1. The Bertz CT molecular complexity index is 587. The number of carbonyl (C=O) groups excluding carboxylic acids is 1. The van der Waals surface area contributed by atoms with Crippen molar-refractivity contribution >= 4 is 39.1 Å². The maximum absolute atomic E-state index is 12.0. The Morgan fingerprint density at radius 3 is 2.81 bits per heavy atom. The normalized spacial score (nSPS) is 16.5.